The highest BCUT2D eigenvalue weighted by molar-refractivity contribution is 5.51. The molecule has 0 aliphatic carbocycles. The number of benzene rings is 1. The van der Waals surface area contributed by atoms with Crippen molar-refractivity contribution >= 4 is 0 Å². The second kappa shape index (κ2) is 28.2. The molecule has 3 nitrogen and oxygen atoms in total. The Bertz CT molecular complexity index is 589. The first-order valence-corrected chi connectivity index (χ1v) is 17.3. The lowest BCUT2D eigenvalue weighted by atomic mass is 10.1. The highest BCUT2D eigenvalue weighted by Gasteiger charge is 2.13. The minimum Gasteiger partial charge on any atom is -0.490 e. The van der Waals surface area contributed by atoms with Crippen molar-refractivity contribution < 1.29 is 14.2 Å². The van der Waals surface area contributed by atoms with Gasteiger partial charge in [0.05, 0.1) is 19.8 Å². The normalized spacial score (nSPS) is 11.2. The molecule has 39 heavy (non-hydrogen) atoms. The van der Waals surface area contributed by atoms with E-state index < -0.39 is 0 Å². The molecule has 0 bridgehead atoms. The maximum atomic E-state index is 6.33. The summed E-state index contributed by atoms with van der Waals surface area (Å²) in [7, 11) is 0. The van der Waals surface area contributed by atoms with Gasteiger partial charge < -0.3 is 14.2 Å². The van der Waals surface area contributed by atoms with E-state index in [0.29, 0.717) is 0 Å². The number of ether oxygens (including phenoxy) is 3. The molecule has 1 aromatic carbocycles. The fourth-order valence-corrected chi connectivity index (χ4v) is 5.11. The summed E-state index contributed by atoms with van der Waals surface area (Å²) in [5, 5.41) is 0. The minimum atomic E-state index is 0.737. The predicted octanol–water partition coefficient (Wildman–Crippen LogP) is 12.2. The van der Waals surface area contributed by atoms with Crippen LogP contribution in [-0.2, 0) is 0 Å². The van der Waals surface area contributed by atoms with Gasteiger partial charge in [0.25, 0.3) is 0 Å². The van der Waals surface area contributed by atoms with Gasteiger partial charge in [-0.3, -0.25) is 0 Å². The van der Waals surface area contributed by atoms with Crippen LogP contribution in [0.5, 0.6) is 17.2 Å². The molecular formula is C36H66O3. The lowest BCUT2D eigenvalue weighted by Gasteiger charge is -2.17. The van der Waals surface area contributed by atoms with E-state index in [1.54, 1.807) is 0 Å². The summed E-state index contributed by atoms with van der Waals surface area (Å²) in [5.41, 5.74) is 0. The Morgan fingerprint density at radius 2 is 0.641 bits per heavy atom. The molecule has 1 rings (SSSR count). The monoisotopic (exact) mass is 547 g/mol. The maximum Gasteiger partial charge on any atom is 0.203 e. The van der Waals surface area contributed by atoms with Crippen molar-refractivity contribution in [1.29, 1.82) is 0 Å². The van der Waals surface area contributed by atoms with Gasteiger partial charge in [-0.05, 0) is 31.4 Å². The largest absolute Gasteiger partial charge is 0.490 e. The third-order valence-corrected chi connectivity index (χ3v) is 7.70. The standard InChI is InChI=1S/C36H66O3/c1-4-7-10-13-16-19-22-25-31-37-34-29-28-30-35(38-32-26-23-20-17-14-11-8-5-2)36(34)39-33-27-24-21-18-15-12-9-6-3/h28-30H,4-27,31-33H2,1-3H3. The highest BCUT2D eigenvalue weighted by Crippen LogP contribution is 2.38. The first-order chi connectivity index (χ1) is 19.3. The minimum absolute atomic E-state index is 0.737. The molecule has 0 radical (unpaired) electrons. The van der Waals surface area contributed by atoms with Crippen molar-refractivity contribution in [3.05, 3.63) is 18.2 Å². The second-order valence-corrected chi connectivity index (χ2v) is 11.6. The van der Waals surface area contributed by atoms with Crippen molar-refractivity contribution in [1.82, 2.24) is 0 Å². The molecule has 0 aliphatic heterocycles. The zero-order chi connectivity index (χ0) is 28.1. The quantitative estimate of drug-likeness (QED) is 0.0898. The molecule has 0 N–H and O–H groups in total. The van der Waals surface area contributed by atoms with Gasteiger partial charge in [0, 0.05) is 0 Å². The highest BCUT2D eigenvalue weighted by atomic mass is 16.5. The summed E-state index contributed by atoms with van der Waals surface area (Å²) >= 11 is 0. The number of hydrogen-bond donors (Lipinski definition) is 0. The Balaban J connectivity index is 2.44. The summed E-state index contributed by atoms with van der Waals surface area (Å²) in [6.45, 7) is 9.08. The Morgan fingerprint density at radius 3 is 0.974 bits per heavy atom. The van der Waals surface area contributed by atoms with Crippen LogP contribution in [0.1, 0.15) is 175 Å². The Kier molecular flexibility index (Phi) is 25.7. The topological polar surface area (TPSA) is 27.7 Å². The zero-order valence-corrected chi connectivity index (χ0v) is 26.5. The lowest BCUT2D eigenvalue weighted by Crippen LogP contribution is -2.06. The van der Waals surface area contributed by atoms with Crippen LogP contribution in [0.4, 0.5) is 0 Å². The molecule has 0 fully saturated rings. The van der Waals surface area contributed by atoms with Gasteiger partial charge in [-0.15, -0.1) is 0 Å². The average molecular weight is 547 g/mol. The fraction of sp³-hybridized carbons (Fsp3) is 0.833. The SMILES string of the molecule is CCCCCCCCCCOc1cccc(OCCCCCCCCCC)c1OCCCCCCCCCC. The van der Waals surface area contributed by atoms with E-state index in [9.17, 15) is 0 Å². The van der Waals surface area contributed by atoms with Gasteiger partial charge in [-0.25, -0.2) is 0 Å². The molecule has 1 aromatic rings. The van der Waals surface area contributed by atoms with Crippen LogP contribution < -0.4 is 14.2 Å². The van der Waals surface area contributed by atoms with Gasteiger partial charge in [-0.1, -0.05) is 162 Å². The van der Waals surface area contributed by atoms with Crippen molar-refractivity contribution in [2.24, 2.45) is 0 Å². The lowest BCUT2D eigenvalue weighted by molar-refractivity contribution is 0.234. The van der Waals surface area contributed by atoms with Gasteiger partial charge in [0.2, 0.25) is 5.75 Å². The number of para-hydroxylation sites is 1. The van der Waals surface area contributed by atoms with Crippen molar-refractivity contribution in [3.63, 3.8) is 0 Å². The Hall–Kier alpha value is -1.38. The van der Waals surface area contributed by atoms with Crippen molar-refractivity contribution in [3.8, 4) is 17.2 Å². The first-order valence-electron chi connectivity index (χ1n) is 17.3. The van der Waals surface area contributed by atoms with Crippen LogP contribution in [0, 0.1) is 0 Å². The summed E-state index contributed by atoms with van der Waals surface area (Å²) in [4.78, 5) is 0. The van der Waals surface area contributed by atoms with Crippen LogP contribution in [0.3, 0.4) is 0 Å². The van der Waals surface area contributed by atoms with E-state index in [1.807, 2.05) is 0 Å². The molecule has 0 heterocycles. The molecule has 0 atom stereocenters. The molecule has 3 heteroatoms. The van der Waals surface area contributed by atoms with E-state index in [1.165, 1.54) is 135 Å². The molecule has 0 saturated heterocycles. The van der Waals surface area contributed by atoms with E-state index >= 15 is 0 Å². The molecule has 228 valence electrons. The number of hydrogen-bond acceptors (Lipinski definition) is 3. The zero-order valence-electron chi connectivity index (χ0n) is 26.5. The Labute approximate surface area is 244 Å². The molecule has 0 aliphatic rings. The van der Waals surface area contributed by atoms with E-state index in [-0.39, 0.29) is 0 Å². The molecule has 0 aromatic heterocycles. The molecule has 0 saturated carbocycles. The van der Waals surface area contributed by atoms with Crippen LogP contribution in [0.25, 0.3) is 0 Å². The Morgan fingerprint density at radius 1 is 0.359 bits per heavy atom. The second-order valence-electron chi connectivity index (χ2n) is 11.6. The fourth-order valence-electron chi connectivity index (χ4n) is 5.11. The van der Waals surface area contributed by atoms with Crippen LogP contribution >= 0.6 is 0 Å². The van der Waals surface area contributed by atoms with Crippen molar-refractivity contribution in [2.75, 3.05) is 19.8 Å². The summed E-state index contributed by atoms with van der Waals surface area (Å²) in [6.07, 6.45) is 31.4. The molecule has 0 spiro atoms. The smallest absolute Gasteiger partial charge is 0.203 e. The maximum absolute atomic E-state index is 6.33. The van der Waals surface area contributed by atoms with E-state index in [0.717, 1.165) is 56.3 Å². The average Bonchev–Trinajstić information content (AvgIpc) is 2.95. The molecule has 0 unspecified atom stereocenters. The molecule has 0 amide bonds. The van der Waals surface area contributed by atoms with Gasteiger partial charge >= 0.3 is 0 Å². The van der Waals surface area contributed by atoms with Crippen LogP contribution in [0.2, 0.25) is 0 Å². The summed E-state index contributed by atoms with van der Waals surface area (Å²) in [6, 6.07) is 6.16. The number of unbranched alkanes of at least 4 members (excludes halogenated alkanes) is 21. The third kappa shape index (κ3) is 21.1. The van der Waals surface area contributed by atoms with Gasteiger partial charge in [0.1, 0.15) is 0 Å². The van der Waals surface area contributed by atoms with Crippen LogP contribution in [-0.4, -0.2) is 19.8 Å². The van der Waals surface area contributed by atoms with Crippen molar-refractivity contribution in [2.45, 2.75) is 175 Å². The predicted molar refractivity (Wildman–Crippen MR) is 171 cm³/mol. The summed E-state index contributed by atoms with van der Waals surface area (Å²) < 4.78 is 18.8. The van der Waals surface area contributed by atoms with E-state index in [2.05, 4.69) is 39.0 Å². The summed E-state index contributed by atoms with van der Waals surface area (Å²) in [5.74, 6) is 2.52. The van der Waals surface area contributed by atoms with Gasteiger partial charge in [0.15, 0.2) is 11.5 Å². The van der Waals surface area contributed by atoms with E-state index in [4.69, 9.17) is 14.2 Å². The van der Waals surface area contributed by atoms with Gasteiger partial charge in [-0.2, -0.15) is 0 Å². The first kappa shape index (κ1) is 35.6. The van der Waals surface area contributed by atoms with Crippen LogP contribution in [0.15, 0.2) is 18.2 Å². The number of rotatable bonds is 30. The molecular weight excluding hydrogens is 480 g/mol. The third-order valence-electron chi connectivity index (χ3n) is 7.70.